The molecule has 0 unspecified atom stereocenters. The van der Waals surface area contributed by atoms with Gasteiger partial charge in [-0.15, -0.1) is 0 Å². The standard InChI is InChI=1S/C15H14BrNO3/c1-9-3-4-10(7-13(9)16)17-15(19)12-6-5-11(20-2)8-14(12)18/h3-8,18H,1-2H3,(H,17,19). The summed E-state index contributed by atoms with van der Waals surface area (Å²) in [7, 11) is 1.50. The zero-order chi connectivity index (χ0) is 14.7. The van der Waals surface area contributed by atoms with Gasteiger partial charge in [-0.2, -0.15) is 0 Å². The van der Waals surface area contributed by atoms with Crippen molar-refractivity contribution < 1.29 is 14.6 Å². The third-order valence-corrected chi connectivity index (χ3v) is 3.73. The highest BCUT2D eigenvalue weighted by molar-refractivity contribution is 9.10. The molecule has 2 aromatic rings. The Balaban J connectivity index is 2.21. The number of carbonyl (C=O) groups is 1. The van der Waals surface area contributed by atoms with Crippen molar-refractivity contribution >= 4 is 27.5 Å². The fourth-order valence-electron chi connectivity index (χ4n) is 1.70. The average molecular weight is 336 g/mol. The molecule has 20 heavy (non-hydrogen) atoms. The number of hydrogen-bond acceptors (Lipinski definition) is 3. The van der Waals surface area contributed by atoms with Crippen molar-refractivity contribution in [3.63, 3.8) is 0 Å². The summed E-state index contributed by atoms with van der Waals surface area (Å²) in [6.07, 6.45) is 0. The Morgan fingerprint density at radius 2 is 2.00 bits per heavy atom. The van der Waals surface area contributed by atoms with E-state index >= 15 is 0 Å². The van der Waals surface area contributed by atoms with Crippen molar-refractivity contribution in [2.24, 2.45) is 0 Å². The summed E-state index contributed by atoms with van der Waals surface area (Å²) >= 11 is 3.41. The third kappa shape index (κ3) is 3.11. The van der Waals surface area contributed by atoms with Gasteiger partial charge >= 0.3 is 0 Å². The molecular formula is C15H14BrNO3. The lowest BCUT2D eigenvalue weighted by molar-refractivity contribution is 0.102. The lowest BCUT2D eigenvalue weighted by Gasteiger charge is -2.09. The highest BCUT2D eigenvalue weighted by Gasteiger charge is 2.12. The molecule has 104 valence electrons. The minimum atomic E-state index is -0.374. The molecule has 0 radical (unpaired) electrons. The van der Waals surface area contributed by atoms with E-state index < -0.39 is 0 Å². The number of halogens is 1. The molecule has 1 amide bonds. The number of aromatic hydroxyl groups is 1. The number of methoxy groups -OCH3 is 1. The summed E-state index contributed by atoms with van der Waals surface area (Å²) in [4.78, 5) is 12.1. The summed E-state index contributed by atoms with van der Waals surface area (Å²) in [6, 6.07) is 10.1. The van der Waals surface area contributed by atoms with E-state index in [1.807, 2.05) is 19.1 Å². The number of rotatable bonds is 3. The van der Waals surface area contributed by atoms with Gasteiger partial charge in [0.15, 0.2) is 0 Å². The highest BCUT2D eigenvalue weighted by Crippen LogP contribution is 2.25. The molecule has 0 heterocycles. The van der Waals surface area contributed by atoms with E-state index in [1.165, 1.54) is 19.2 Å². The number of ether oxygens (including phenoxy) is 1. The van der Waals surface area contributed by atoms with E-state index in [0.29, 0.717) is 11.4 Å². The van der Waals surface area contributed by atoms with Gasteiger partial charge in [0.25, 0.3) is 5.91 Å². The summed E-state index contributed by atoms with van der Waals surface area (Å²) in [5.74, 6) is 0.00561. The van der Waals surface area contributed by atoms with Crippen molar-refractivity contribution in [3.8, 4) is 11.5 Å². The van der Waals surface area contributed by atoms with Crippen LogP contribution in [0.5, 0.6) is 11.5 Å². The van der Waals surface area contributed by atoms with Gasteiger partial charge in [0, 0.05) is 16.2 Å². The van der Waals surface area contributed by atoms with Crippen molar-refractivity contribution in [2.75, 3.05) is 12.4 Å². The lowest BCUT2D eigenvalue weighted by Crippen LogP contribution is -2.12. The van der Waals surface area contributed by atoms with Gasteiger partial charge in [0.2, 0.25) is 0 Å². The van der Waals surface area contributed by atoms with Gasteiger partial charge in [0.05, 0.1) is 12.7 Å². The van der Waals surface area contributed by atoms with E-state index in [1.54, 1.807) is 12.1 Å². The van der Waals surface area contributed by atoms with Gasteiger partial charge in [-0.1, -0.05) is 22.0 Å². The Hall–Kier alpha value is -2.01. The number of benzene rings is 2. The van der Waals surface area contributed by atoms with Crippen LogP contribution in [-0.4, -0.2) is 18.1 Å². The number of carbonyl (C=O) groups excluding carboxylic acids is 1. The first-order chi connectivity index (χ1) is 9.51. The predicted molar refractivity (Wildman–Crippen MR) is 81.5 cm³/mol. The van der Waals surface area contributed by atoms with Crippen LogP contribution in [0.4, 0.5) is 5.69 Å². The molecule has 2 aromatic carbocycles. The third-order valence-electron chi connectivity index (χ3n) is 2.88. The fraction of sp³-hybridized carbons (Fsp3) is 0.133. The number of phenolic OH excluding ortho intramolecular Hbond substituents is 1. The van der Waals surface area contributed by atoms with Crippen LogP contribution in [0.2, 0.25) is 0 Å². The molecule has 2 N–H and O–H groups in total. The fourth-order valence-corrected chi connectivity index (χ4v) is 2.08. The quantitative estimate of drug-likeness (QED) is 0.898. The van der Waals surface area contributed by atoms with E-state index in [-0.39, 0.29) is 17.2 Å². The predicted octanol–water partition coefficient (Wildman–Crippen LogP) is 3.72. The lowest BCUT2D eigenvalue weighted by atomic mass is 10.1. The molecular weight excluding hydrogens is 322 g/mol. The Morgan fingerprint density at radius 1 is 1.25 bits per heavy atom. The number of aryl methyl sites for hydroxylation is 1. The monoisotopic (exact) mass is 335 g/mol. The Labute approximate surface area is 125 Å². The Morgan fingerprint density at radius 3 is 2.60 bits per heavy atom. The zero-order valence-electron chi connectivity index (χ0n) is 11.1. The van der Waals surface area contributed by atoms with Crippen molar-refractivity contribution in [2.45, 2.75) is 6.92 Å². The number of phenols is 1. The van der Waals surface area contributed by atoms with Crippen LogP contribution in [0.15, 0.2) is 40.9 Å². The van der Waals surface area contributed by atoms with Crippen LogP contribution in [0.3, 0.4) is 0 Å². The number of amides is 1. The topological polar surface area (TPSA) is 58.6 Å². The van der Waals surface area contributed by atoms with Crippen LogP contribution in [0, 0.1) is 6.92 Å². The van der Waals surface area contributed by atoms with E-state index in [4.69, 9.17) is 4.74 Å². The molecule has 0 saturated carbocycles. The SMILES string of the molecule is COc1ccc(C(=O)Nc2ccc(C)c(Br)c2)c(O)c1. The van der Waals surface area contributed by atoms with Crippen molar-refractivity contribution in [1.82, 2.24) is 0 Å². The number of nitrogens with one attached hydrogen (secondary N) is 1. The summed E-state index contributed by atoms with van der Waals surface area (Å²) in [5, 5.41) is 12.6. The van der Waals surface area contributed by atoms with Gasteiger partial charge in [0.1, 0.15) is 11.5 Å². The maximum Gasteiger partial charge on any atom is 0.259 e. The second-order valence-electron chi connectivity index (χ2n) is 4.30. The molecule has 0 bridgehead atoms. The van der Waals surface area contributed by atoms with Gasteiger partial charge in [-0.3, -0.25) is 4.79 Å². The molecule has 2 rings (SSSR count). The Kier molecular flexibility index (Phi) is 4.29. The normalized spacial score (nSPS) is 10.2. The van der Waals surface area contributed by atoms with Gasteiger partial charge < -0.3 is 15.2 Å². The Bertz CT molecular complexity index is 656. The largest absolute Gasteiger partial charge is 0.507 e. The van der Waals surface area contributed by atoms with Crippen LogP contribution in [0.1, 0.15) is 15.9 Å². The molecule has 5 heteroatoms. The van der Waals surface area contributed by atoms with E-state index in [0.717, 1.165) is 10.0 Å². The van der Waals surface area contributed by atoms with Crippen LogP contribution in [0.25, 0.3) is 0 Å². The summed E-state index contributed by atoms with van der Waals surface area (Å²) < 4.78 is 5.89. The van der Waals surface area contributed by atoms with Gasteiger partial charge in [-0.25, -0.2) is 0 Å². The number of anilines is 1. The van der Waals surface area contributed by atoms with Crippen molar-refractivity contribution in [3.05, 3.63) is 52.0 Å². The number of hydrogen-bond donors (Lipinski definition) is 2. The molecule has 0 atom stereocenters. The summed E-state index contributed by atoms with van der Waals surface area (Å²) in [6.45, 7) is 1.96. The van der Waals surface area contributed by atoms with Crippen molar-refractivity contribution in [1.29, 1.82) is 0 Å². The molecule has 0 aromatic heterocycles. The highest BCUT2D eigenvalue weighted by atomic mass is 79.9. The summed E-state index contributed by atoms with van der Waals surface area (Å²) in [5.41, 5.74) is 1.93. The molecule has 0 aliphatic carbocycles. The molecule has 0 spiro atoms. The van der Waals surface area contributed by atoms with E-state index in [9.17, 15) is 9.90 Å². The first-order valence-corrected chi connectivity index (χ1v) is 6.75. The maximum absolute atomic E-state index is 12.1. The molecule has 4 nitrogen and oxygen atoms in total. The van der Waals surface area contributed by atoms with Crippen LogP contribution in [-0.2, 0) is 0 Å². The van der Waals surface area contributed by atoms with Crippen LogP contribution < -0.4 is 10.1 Å². The smallest absolute Gasteiger partial charge is 0.259 e. The second-order valence-corrected chi connectivity index (χ2v) is 5.16. The minimum absolute atomic E-state index is 0.118. The second kappa shape index (κ2) is 5.96. The molecule has 0 fully saturated rings. The molecule has 0 saturated heterocycles. The van der Waals surface area contributed by atoms with Crippen LogP contribution >= 0.6 is 15.9 Å². The zero-order valence-corrected chi connectivity index (χ0v) is 12.7. The van der Waals surface area contributed by atoms with E-state index in [2.05, 4.69) is 21.2 Å². The maximum atomic E-state index is 12.1. The first-order valence-electron chi connectivity index (χ1n) is 5.96. The average Bonchev–Trinajstić information content (AvgIpc) is 2.42. The first kappa shape index (κ1) is 14.4. The molecule has 0 aliphatic heterocycles. The van der Waals surface area contributed by atoms with Gasteiger partial charge in [-0.05, 0) is 36.8 Å². The molecule has 0 aliphatic rings. The minimum Gasteiger partial charge on any atom is -0.507 e.